The number of urea groups is 1. The molecule has 0 bridgehead atoms. The van der Waals surface area contributed by atoms with E-state index in [0.29, 0.717) is 0 Å². The zero-order valence-corrected chi connectivity index (χ0v) is 13.6. The lowest BCUT2D eigenvalue weighted by molar-refractivity contribution is 0.199. The van der Waals surface area contributed by atoms with Crippen LogP contribution in [0, 0.1) is 0 Å². The topological polar surface area (TPSA) is 41.6 Å². The smallest absolute Gasteiger partial charge is 0.317 e. The third-order valence-corrected chi connectivity index (χ3v) is 4.64. The van der Waals surface area contributed by atoms with Gasteiger partial charge in [-0.2, -0.15) is 11.8 Å². The van der Waals surface area contributed by atoms with Gasteiger partial charge in [0.15, 0.2) is 0 Å². The van der Waals surface area contributed by atoms with Gasteiger partial charge in [-0.15, -0.1) is 0 Å². The summed E-state index contributed by atoms with van der Waals surface area (Å²) in [5.41, 5.74) is 1.27. The molecule has 1 fully saturated rings. The van der Waals surface area contributed by atoms with Crippen LogP contribution >= 0.6 is 11.8 Å². The number of carbonyl (C=O) groups excluding carboxylic acids is 1. The van der Waals surface area contributed by atoms with Crippen LogP contribution in [0.5, 0.6) is 5.75 Å². The summed E-state index contributed by atoms with van der Waals surface area (Å²) >= 11 is 1.91. The largest absolute Gasteiger partial charge is 0.497 e. The molecule has 0 aromatic heterocycles. The van der Waals surface area contributed by atoms with E-state index in [1.165, 1.54) is 5.56 Å². The molecular formula is C16H24N2O2S. The molecule has 1 N–H and O–H groups in total. The number of benzene rings is 1. The number of amides is 2. The van der Waals surface area contributed by atoms with Crippen molar-refractivity contribution in [3.63, 3.8) is 0 Å². The maximum absolute atomic E-state index is 12.1. The number of hydrogen-bond donors (Lipinski definition) is 1. The monoisotopic (exact) mass is 308 g/mol. The van der Waals surface area contributed by atoms with E-state index < -0.39 is 0 Å². The fourth-order valence-electron chi connectivity index (χ4n) is 2.32. The van der Waals surface area contributed by atoms with Gasteiger partial charge in [0.1, 0.15) is 5.75 Å². The van der Waals surface area contributed by atoms with Crippen LogP contribution in [0.4, 0.5) is 4.79 Å². The molecule has 1 atom stereocenters. The Morgan fingerprint density at radius 3 is 2.62 bits per heavy atom. The first-order chi connectivity index (χ1) is 10.2. The number of ether oxygens (including phenoxy) is 1. The molecule has 0 radical (unpaired) electrons. The molecule has 1 aliphatic heterocycles. The standard InChI is InChI=1S/C16H24N2O2S/c1-13(17-16(19)18-9-11-21-12-10-18)3-4-14-5-7-15(20-2)8-6-14/h5-8,13H,3-4,9-12H2,1-2H3,(H,17,19)/t13-/m1/s1. The predicted molar refractivity (Wildman–Crippen MR) is 88.2 cm³/mol. The van der Waals surface area contributed by atoms with Gasteiger partial charge in [-0.25, -0.2) is 4.79 Å². The fraction of sp³-hybridized carbons (Fsp3) is 0.562. The van der Waals surface area contributed by atoms with Crippen molar-refractivity contribution in [2.45, 2.75) is 25.8 Å². The predicted octanol–water partition coefficient (Wildman–Crippen LogP) is 2.77. The maximum Gasteiger partial charge on any atom is 0.317 e. The Hall–Kier alpha value is -1.36. The molecule has 21 heavy (non-hydrogen) atoms. The molecule has 0 unspecified atom stereocenters. The Bertz CT molecular complexity index is 444. The Morgan fingerprint density at radius 1 is 1.33 bits per heavy atom. The second-order valence-electron chi connectivity index (χ2n) is 5.34. The molecule has 0 aliphatic carbocycles. The molecule has 1 aromatic rings. The maximum atomic E-state index is 12.1. The summed E-state index contributed by atoms with van der Waals surface area (Å²) in [6.45, 7) is 3.80. The van der Waals surface area contributed by atoms with Crippen LogP contribution in [-0.4, -0.2) is 48.7 Å². The molecule has 1 aromatic carbocycles. The van der Waals surface area contributed by atoms with E-state index in [4.69, 9.17) is 4.74 Å². The van der Waals surface area contributed by atoms with Gasteiger partial charge in [-0.1, -0.05) is 12.1 Å². The average Bonchev–Trinajstić information content (AvgIpc) is 2.54. The summed E-state index contributed by atoms with van der Waals surface area (Å²) in [5.74, 6) is 2.98. The number of aryl methyl sites for hydroxylation is 1. The van der Waals surface area contributed by atoms with Gasteiger partial charge in [0, 0.05) is 30.6 Å². The van der Waals surface area contributed by atoms with Gasteiger partial charge in [0.2, 0.25) is 0 Å². The number of nitrogens with one attached hydrogen (secondary N) is 1. The van der Waals surface area contributed by atoms with E-state index in [1.807, 2.05) is 28.8 Å². The van der Waals surface area contributed by atoms with Gasteiger partial charge >= 0.3 is 6.03 Å². The Balaban J connectivity index is 1.73. The van der Waals surface area contributed by atoms with E-state index in [9.17, 15) is 4.79 Å². The normalized spacial score (nSPS) is 16.4. The molecule has 1 aliphatic rings. The van der Waals surface area contributed by atoms with Crippen molar-refractivity contribution >= 4 is 17.8 Å². The second-order valence-corrected chi connectivity index (χ2v) is 6.56. The Kier molecular flexibility index (Phi) is 6.23. The minimum absolute atomic E-state index is 0.0810. The molecule has 1 saturated heterocycles. The second kappa shape index (κ2) is 8.17. The molecule has 0 spiro atoms. The van der Waals surface area contributed by atoms with Gasteiger partial charge in [-0.05, 0) is 37.5 Å². The van der Waals surface area contributed by atoms with Crippen molar-refractivity contribution in [1.29, 1.82) is 0 Å². The highest BCUT2D eigenvalue weighted by atomic mass is 32.2. The van der Waals surface area contributed by atoms with Crippen LogP contribution in [0.3, 0.4) is 0 Å². The third-order valence-electron chi connectivity index (χ3n) is 3.69. The Labute approximate surface area is 131 Å². The summed E-state index contributed by atoms with van der Waals surface area (Å²) in [4.78, 5) is 14.0. The molecule has 0 saturated carbocycles. The molecule has 2 amide bonds. The fourth-order valence-corrected chi connectivity index (χ4v) is 3.22. The summed E-state index contributed by atoms with van der Waals surface area (Å²) < 4.78 is 5.15. The van der Waals surface area contributed by atoms with Crippen LogP contribution in [-0.2, 0) is 6.42 Å². The number of hydrogen-bond acceptors (Lipinski definition) is 3. The van der Waals surface area contributed by atoms with E-state index in [0.717, 1.165) is 43.2 Å². The first-order valence-electron chi connectivity index (χ1n) is 7.45. The van der Waals surface area contributed by atoms with Gasteiger partial charge in [0.25, 0.3) is 0 Å². The zero-order chi connectivity index (χ0) is 15.1. The highest BCUT2D eigenvalue weighted by molar-refractivity contribution is 7.99. The van der Waals surface area contributed by atoms with Gasteiger partial charge < -0.3 is 15.0 Å². The highest BCUT2D eigenvalue weighted by Crippen LogP contribution is 2.13. The SMILES string of the molecule is COc1ccc(CC[C@@H](C)NC(=O)N2CCSCC2)cc1. The van der Waals surface area contributed by atoms with Crippen LogP contribution in [0.1, 0.15) is 18.9 Å². The van der Waals surface area contributed by atoms with Crippen LogP contribution in [0.25, 0.3) is 0 Å². The van der Waals surface area contributed by atoms with Gasteiger partial charge in [0.05, 0.1) is 7.11 Å². The van der Waals surface area contributed by atoms with Crippen molar-refractivity contribution in [2.24, 2.45) is 0 Å². The summed E-state index contributed by atoms with van der Waals surface area (Å²) in [5, 5.41) is 3.10. The third kappa shape index (κ3) is 5.16. The van der Waals surface area contributed by atoms with Crippen LogP contribution < -0.4 is 10.1 Å². The minimum atomic E-state index is 0.0810. The van der Waals surface area contributed by atoms with Crippen LogP contribution in [0.2, 0.25) is 0 Å². The summed E-state index contributed by atoms with van der Waals surface area (Å²) in [6, 6.07) is 8.38. The van der Waals surface area contributed by atoms with Crippen molar-refractivity contribution in [2.75, 3.05) is 31.7 Å². The summed E-state index contributed by atoms with van der Waals surface area (Å²) in [7, 11) is 1.67. The lowest BCUT2D eigenvalue weighted by Gasteiger charge is -2.28. The van der Waals surface area contributed by atoms with E-state index in [2.05, 4.69) is 24.4 Å². The number of thioether (sulfide) groups is 1. The van der Waals surface area contributed by atoms with E-state index in [1.54, 1.807) is 7.11 Å². The van der Waals surface area contributed by atoms with Crippen molar-refractivity contribution in [3.05, 3.63) is 29.8 Å². The molecule has 1 heterocycles. The lowest BCUT2D eigenvalue weighted by atomic mass is 10.1. The number of carbonyl (C=O) groups is 1. The highest BCUT2D eigenvalue weighted by Gasteiger charge is 2.17. The van der Waals surface area contributed by atoms with E-state index in [-0.39, 0.29) is 12.1 Å². The Morgan fingerprint density at radius 2 is 2.00 bits per heavy atom. The van der Waals surface area contributed by atoms with E-state index >= 15 is 0 Å². The number of nitrogens with zero attached hydrogens (tertiary/aromatic N) is 1. The van der Waals surface area contributed by atoms with Gasteiger partial charge in [-0.3, -0.25) is 0 Å². The quantitative estimate of drug-likeness (QED) is 0.909. The zero-order valence-electron chi connectivity index (χ0n) is 12.8. The molecule has 4 nitrogen and oxygen atoms in total. The number of rotatable bonds is 5. The molecule has 116 valence electrons. The summed E-state index contributed by atoms with van der Waals surface area (Å²) in [6.07, 6.45) is 1.90. The lowest BCUT2D eigenvalue weighted by Crippen LogP contribution is -2.47. The number of methoxy groups -OCH3 is 1. The molecular weight excluding hydrogens is 284 g/mol. The molecule has 5 heteroatoms. The van der Waals surface area contributed by atoms with Crippen molar-refractivity contribution in [1.82, 2.24) is 10.2 Å². The minimum Gasteiger partial charge on any atom is -0.497 e. The average molecular weight is 308 g/mol. The van der Waals surface area contributed by atoms with Crippen molar-refractivity contribution < 1.29 is 9.53 Å². The van der Waals surface area contributed by atoms with Crippen LogP contribution in [0.15, 0.2) is 24.3 Å². The van der Waals surface area contributed by atoms with Crippen molar-refractivity contribution in [3.8, 4) is 5.75 Å². The molecule has 2 rings (SSSR count). The first-order valence-corrected chi connectivity index (χ1v) is 8.60. The first kappa shape index (κ1) is 16.0.